The minimum atomic E-state index is 0. The minimum absolute atomic E-state index is 0. The Hall–Kier alpha value is -0.870. The number of rotatable bonds is 6. The molecule has 0 saturated carbocycles. The lowest BCUT2D eigenvalue weighted by atomic mass is 10.1. The van der Waals surface area contributed by atoms with Crippen LogP contribution < -0.4 is 5.32 Å². The van der Waals surface area contributed by atoms with Crippen LogP contribution in [0.1, 0.15) is 43.9 Å². The predicted octanol–water partition coefficient (Wildman–Crippen LogP) is 3.07. The zero-order chi connectivity index (χ0) is 19.8. The highest BCUT2D eigenvalue weighted by atomic mass is 127. The molecule has 1 unspecified atom stereocenters. The van der Waals surface area contributed by atoms with Gasteiger partial charge in [0.05, 0.1) is 13.1 Å². The number of aliphatic imine (C=N–C) groups is 1. The van der Waals surface area contributed by atoms with E-state index in [-0.39, 0.29) is 24.0 Å². The first-order valence-corrected chi connectivity index (χ1v) is 11.6. The molecule has 0 bridgehead atoms. The number of nitrogens with one attached hydrogen (secondary N) is 1. The van der Waals surface area contributed by atoms with Gasteiger partial charge in [0.1, 0.15) is 0 Å². The molecule has 2 aliphatic rings. The van der Waals surface area contributed by atoms with Gasteiger partial charge in [0, 0.05) is 56.6 Å². The summed E-state index contributed by atoms with van der Waals surface area (Å²) in [7, 11) is 0. The number of nitrogens with zero attached hydrogens (tertiary/aromatic N) is 4. The average Bonchev–Trinajstić information content (AvgIpc) is 3.27. The molecule has 6 nitrogen and oxygen atoms in total. The van der Waals surface area contributed by atoms with E-state index in [1.807, 2.05) is 4.90 Å². The van der Waals surface area contributed by atoms with Gasteiger partial charge in [0.2, 0.25) is 5.91 Å². The van der Waals surface area contributed by atoms with Gasteiger partial charge in [-0.05, 0) is 37.6 Å². The maximum absolute atomic E-state index is 12.5. The number of guanidine groups is 1. The van der Waals surface area contributed by atoms with Gasteiger partial charge in [0.15, 0.2) is 5.96 Å². The van der Waals surface area contributed by atoms with Gasteiger partial charge < -0.3 is 15.1 Å². The van der Waals surface area contributed by atoms with Gasteiger partial charge >= 0.3 is 0 Å². The van der Waals surface area contributed by atoms with Gasteiger partial charge in [0.25, 0.3) is 0 Å². The zero-order valence-electron chi connectivity index (χ0n) is 17.8. The molecule has 0 aromatic carbocycles. The van der Waals surface area contributed by atoms with Crippen LogP contribution in [0.3, 0.4) is 0 Å². The van der Waals surface area contributed by atoms with Crippen molar-refractivity contribution in [3.63, 3.8) is 0 Å². The van der Waals surface area contributed by atoms with Crippen molar-refractivity contribution in [1.29, 1.82) is 0 Å². The van der Waals surface area contributed by atoms with Crippen molar-refractivity contribution in [2.24, 2.45) is 4.99 Å². The van der Waals surface area contributed by atoms with E-state index in [1.165, 1.54) is 11.3 Å². The molecule has 29 heavy (non-hydrogen) atoms. The van der Waals surface area contributed by atoms with Crippen LogP contribution in [0.5, 0.6) is 0 Å². The minimum Gasteiger partial charge on any atom is -0.357 e. The number of carbonyl (C=O) groups excluding carboxylic acids is 1. The molecule has 0 radical (unpaired) electrons. The standard InChI is InChI=1S/C21H35N5OS.HI/c1-3-22-21(23-16-18(2)19-8-7-15-28-19)26-13-11-24(12-14-26)17-20(27)25-9-5-4-6-10-25;/h7-8,15,18H,3-6,9-14,16-17H2,1-2H3,(H,22,23);1H. The normalized spacial score (nSPS) is 19.6. The van der Waals surface area contributed by atoms with Gasteiger partial charge in [-0.25, -0.2) is 0 Å². The summed E-state index contributed by atoms with van der Waals surface area (Å²) in [5.74, 6) is 1.75. The lowest BCUT2D eigenvalue weighted by Gasteiger charge is -2.37. The highest BCUT2D eigenvalue weighted by Crippen LogP contribution is 2.21. The van der Waals surface area contributed by atoms with E-state index in [0.717, 1.165) is 71.2 Å². The number of likely N-dealkylation sites (tertiary alicyclic amines) is 1. The molecule has 1 aromatic rings. The molecular weight excluding hydrogens is 497 g/mol. The second-order valence-corrected chi connectivity index (χ2v) is 8.80. The van der Waals surface area contributed by atoms with Crippen LogP contribution in [0.25, 0.3) is 0 Å². The number of halogens is 1. The van der Waals surface area contributed by atoms with Gasteiger partial charge in [-0.1, -0.05) is 13.0 Å². The quantitative estimate of drug-likeness (QED) is 0.347. The summed E-state index contributed by atoms with van der Waals surface area (Å²) in [6, 6.07) is 4.30. The van der Waals surface area contributed by atoms with Gasteiger partial charge in [-0.2, -0.15) is 0 Å². The first-order chi connectivity index (χ1) is 13.7. The summed E-state index contributed by atoms with van der Waals surface area (Å²) in [4.78, 5) is 25.5. The molecule has 164 valence electrons. The average molecular weight is 534 g/mol. The Bertz CT molecular complexity index is 625. The molecule has 1 amide bonds. The first kappa shape index (κ1) is 24.4. The number of piperidine rings is 1. The second kappa shape index (κ2) is 12.7. The van der Waals surface area contributed by atoms with Crippen LogP contribution in [-0.4, -0.2) is 85.5 Å². The van der Waals surface area contributed by atoms with Crippen LogP contribution in [-0.2, 0) is 4.79 Å². The van der Waals surface area contributed by atoms with Crippen molar-refractivity contribution in [3.8, 4) is 0 Å². The molecule has 8 heteroatoms. The van der Waals surface area contributed by atoms with Gasteiger partial charge in [-0.3, -0.25) is 14.7 Å². The van der Waals surface area contributed by atoms with Crippen molar-refractivity contribution >= 4 is 47.2 Å². The van der Waals surface area contributed by atoms with Crippen molar-refractivity contribution in [3.05, 3.63) is 22.4 Å². The lowest BCUT2D eigenvalue weighted by molar-refractivity contribution is -0.133. The Balaban J connectivity index is 0.00000300. The summed E-state index contributed by atoms with van der Waals surface area (Å²) < 4.78 is 0. The number of thiophene rings is 1. The fourth-order valence-corrected chi connectivity index (χ4v) is 4.64. The van der Waals surface area contributed by atoms with Crippen molar-refractivity contribution in [1.82, 2.24) is 20.0 Å². The highest BCUT2D eigenvalue weighted by molar-refractivity contribution is 14.0. The Morgan fingerprint density at radius 3 is 2.48 bits per heavy atom. The molecule has 2 saturated heterocycles. The van der Waals surface area contributed by atoms with Crippen LogP contribution in [0.4, 0.5) is 0 Å². The fourth-order valence-electron chi connectivity index (χ4n) is 3.86. The van der Waals surface area contributed by atoms with E-state index in [2.05, 4.69) is 46.5 Å². The van der Waals surface area contributed by atoms with Crippen molar-refractivity contribution in [2.75, 3.05) is 58.9 Å². The molecule has 3 rings (SSSR count). The largest absolute Gasteiger partial charge is 0.357 e. The SMILES string of the molecule is CCNC(=NCC(C)c1cccs1)N1CCN(CC(=O)N2CCCCC2)CC1.I. The third-order valence-electron chi connectivity index (χ3n) is 5.62. The fraction of sp³-hybridized carbons (Fsp3) is 0.714. The van der Waals surface area contributed by atoms with Crippen molar-refractivity contribution < 1.29 is 4.79 Å². The Morgan fingerprint density at radius 2 is 1.86 bits per heavy atom. The van der Waals surface area contributed by atoms with Crippen LogP contribution in [0.2, 0.25) is 0 Å². The van der Waals surface area contributed by atoms with E-state index in [1.54, 1.807) is 11.3 Å². The van der Waals surface area contributed by atoms with Crippen LogP contribution >= 0.6 is 35.3 Å². The number of amides is 1. The maximum atomic E-state index is 12.5. The lowest BCUT2D eigenvalue weighted by Crippen LogP contribution is -2.54. The van der Waals surface area contributed by atoms with E-state index in [0.29, 0.717) is 18.4 Å². The Morgan fingerprint density at radius 1 is 1.14 bits per heavy atom. The topological polar surface area (TPSA) is 51.2 Å². The smallest absolute Gasteiger partial charge is 0.236 e. The number of hydrogen-bond donors (Lipinski definition) is 1. The third-order valence-corrected chi connectivity index (χ3v) is 6.72. The zero-order valence-corrected chi connectivity index (χ0v) is 21.0. The highest BCUT2D eigenvalue weighted by Gasteiger charge is 2.24. The summed E-state index contributed by atoms with van der Waals surface area (Å²) in [5.41, 5.74) is 0. The van der Waals surface area contributed by atoms with Crippen LogP contribution in [0.15, 0.2) is 22.5 Å². The Kier molecular flexibility index (Phi) is 10.7. The molecule has 1 N–H and O–H groups in total. The summed E-state index contributed by atoms with van der Waals surface area (Å²) in [5, 5.41) is 5.58. The molecule has 3 heterocycles. The van der Waals surface area contributed by atoms with E-state index in [9.17, 15) is 4.79 Å². The molecule has 0 spiro atoms. The molecule has 1 atom stereocenters. The van der Waals surface area contributed by atoms with E-state index in [4.69, 9.17) is 4.99 Å². The van der Waals surface area contributed by atoms with Crippen LogP contribution in [0, 0.1) is 0 Å². The number of carbonyl (C=O) groups is 1. The Labute approximate surface area is 196 Å². The maximum Gasteiger partial charge on any atom is 0.236 e. The summed E-state index contributed by atoms with van der Waals surface area (Å²) in [6.45, 7) is 12.2. The predicted molar refractivity (Wildman–Crippen MR) is 133 cm³/mol. The van der Waals surface area contributed by atoms with E-state index < -0.39 is 0 Å². The molecular formula is C21H36IN5OS. The second-order valence-electron chi connectivity index (χ2n) is 7.82. The first-order valence-electron chi connectivity index (χ1n) is 10.7. The molecule has 2 aliphatic heterocycles. The molecule has 1 aromatic heterocycles. The summed E-state index contributed by atoms with van der Waals surface area (Å²) >= 11 is 1.80. The molecule has 2 fully saturated rings. The monoisotopic (exact) mass is 533 g/mol. The number of hydrogen-bond acceptors (Lipinski definition) is 4. The summed E-state index contributed by atoms with van der Waals surface area (Å²) in [6.07, 6.45) is 3.58. The number of piperazine rings is 1. The van der Waals surface area contributed by atoms with E-state index >= 15 is 0 Å². The van der Waals surface area contributed by atoms with Gasteiger partial charge in [-0.15, -0.1) is 35.3 Å². The molecule has 0 aliphatic carbocycles. The van der Waals surface area contributed by atoms with Crippen molar-refractivity contribution in [2.45, 2.75) is 39.0 Å². The third kappa shape index (κ3) is 7.40.